The molecule has 1 aliphatic heterocycles. The van der Waals surface area contributed by atoms with Gasteiger partial charge in [-0.1, -0.05) is 0 Å². The smallest absolute Gasteiger partial charge is 0.229 e. The second kappa shape index (κ2) is 4.95. The van der Waals surface area contributed by atoms with Crippen molar-refractivity contribution < 1.29 is 14.3 Å². The molecule has 1 saturated heterocycles. The minimum atomic E-state index is -0.0321. The summed E-state index contributed by atoms with van der Waals surface area (Å²) in [7, 11) is 3.44. The van der Waals surface area contributed by atoms with E-state index in [9.17, 15) is 4.79 Å². The van der Waals surface area contributed by atoms with E-state index in [4.69, 9.17) is 9.47 Å². The lowest BCUT2D eigenvalue weighted by Crippen LogP contribution is -2.54. The van der Waals surface area contributed by atoms with E-state index < -0.39 is 0 Å². The number of methoxy groups -OCH3 is 2. The molecule has 0 aromatic carbocycles. The first-order valence-corrected chi connectivity index (χ1v) is 8.48. The van der Waals surface area contributed by atoms with Crippen LogP contribution < -0.4 is 0 Å². The van der Waals surface area contributed by atoms with E-state index in [-0.39, 0.29) is 17.6 Å². The maximum atomic E-state index is 13.2. The molecule has 4 heteroatoms. The van der Waals surface area contributed by atoms with Gasteiger partial charge in [0, 0.05) is 27.3 Å². The third kappa shape index (κ3) is 2.14. The van der Waals surface area contributed by atoms with Crippen molar-refractivity contribution in [3.05, 3.63) is 0 Å². The Morgan fingerprint density at radius 3 is 1.71 bits per heavy atom. The molecule has 1 amide bonds. The van der Waals surface area contributed by atoms with Crippen LogP contribution in [0.3, 0.4) is 0 Å². The summed E-state index contributed by atoms with van der Waals surface area (Å²) in [6.07, 6.45) is 7.65. The molecular weight excluding hydrogens is 266 g/mol. The number of ether oxygens (including phenoxy) is 2. The largest absolute Gasteiger partial charge is 0.377 e. The zero-order valence-corrected chi connectivity index (χ0v) is 13.2. The first-order chi connectivity index (χ1) is 10.1. The molecular formula is C17H27NO3. The lowest BCUT2D eigenvalue weighted by molar-refractivity contribution is -0.157. The Morgan fingerprint density at radius 2 is 1.33 bits per heavy atom. The number of amides is 1. The monoisotopic (exact) mass is 293 g/mol. The van der Waals surface area contributed by atoms with Crippen LogP contribution in [0.5, 0.6) is 0 Å². The lowest BCUT2D eigenvalue weighted by atomic mass is 9.49. The zero-order valence-electron chi connectivity index (χ0n) is 13.2. The Labute approximate surface area is 127 Å². The lowest BCUT2D eigenvalue weighted by Gasteiger charge is -2.56. The Kier molecular flexibility index (Phi) is 3.30. The molecule has 0 radical (unpaired) electrons. The molecule has 1 heterocycles. The number of carbonyl (C=O) groups excluding carboxylic acids is 1. The minimum absolute atomic E-state index is 0.0321. The van der Waals surface area contributed by atoms with Gasteiger partial charge in [-0.25, -0.2) is 0 Å². The third-order valence-corrected chi connectivity index (χ3v) is 6.60. The molecule has 4 nitrogen and oxygen atoms in total. The molecule has 2 atom stereocenters. The van der Waals surface area contributed by atoms with Crippen LogP contribution in [0.1, 0.15) is 38.5 Å². The summed E-state index contributed by atoms with van der Waals surface area (Å²) in [6.45, 7) is 1.41. The second-order valence-corrected chi connectivity index (χ2v) is 7.96. The fraction of sp³-hybridized carbons (Fsp3) is 0.941. The van der Waals surface area contributed by atoms with Crippen molar-refractivity contribution in [2.75, 3.05) is 27.3 Å². The quantitative estimate of drug-likeness (QED) is 0.799. The molecule has 0 aromatic rings. The molecule has 4 saturated carbocycles. The maximum Gasteiger partial charge on any atom is 0.229 e. The van der Waals surface area contributed by atoms with Gasteiger partial charge in [-0.3, -0.25) is 4.79 Å². The highest BCUT2D eigenvalue weighted by Gasteiger charge is 2.56. The zero-order chi connectivity index (χ0) is 14.6. The Hall–Kier alpha value is -0.610. The highest BCUT2D eigenvalue weighted by Crippen LogP contribution is 2.60. The van der Waals surface area contributed by atoms with E-state index in [2.05, 4.69) is 0 Å². The molecule has 5 aliphatic rings. The van der Waals surface area contributed by atoms with Gasteiger partial charge in [-0.2, -0.15) is 0 Å². The Morgan fingerprint density at radius 1 is 0.905 bits per heavy atom. The van der Waals surface area contributed by atoms with Gasteiger partial charge in [0.1, 0.15) is 12.2 Å². The topological polar surface area (TPSA) is 38.8 Å². The van der Waals surface area contributed by atoms with Gasteiger partial charge in [-0.05, 0) is 56.3 Å². The molecule has 4 bridgehead atoms. The van der Waals surface area contributed by atoms with Crippen molar-refractivity contribution in [1.29, 1.82) is 0 Å². The number of hydrogen-bond acceptors (Lipinski definition) is 3. The van der Waals surface area contributed by atoms with Gasteiger partial charge >= 0.3 is 0 Å². The second-order valence-electron chi connectivity index (χ2n) is 7.96. The fourth-order valence-electron chi connectivity index (χ4n) is 6.07. The van der Waals surface area contributed by atoms with Crippen LogP contribution in [0.2, 0.25) is 0 Å². The number of carbonyl (C=O) groups is 1. The van der Waals surface area contributed by atoms with Crippen LogP contribution in [0.4, 0.5) is 0 Å². The SMILES string of the molecule is CO[C@H]1CN(C(=O)C23CC4CC(CC(C4)C2)C3)C[C@H]1OC. The van der Waals surface area contributed by atoms with Crippen molar-refractivity contribution in [2.24, 2.45) is 23.2 Å². The summed E-state index contributed by atoms with van der Waals surface area (Å²) in [5.41, 5.74) is -0.0321. The van der Waals surface area contributed by atoms with Crippen LogP contribution in [0, 0.1) is 23.2 Å². The number of likely N-dealkylation sites (tertiary alicyclic amines) is 1. The summed E-state index contributed by atoms with van der Waals surface area (Å²) in [6, 6.07) is 0. The first-order valence-electron chi connectivity index (χ1n) is 8.48. The van der Waals surface area contributed by atoms with Crippen molar-refractivity contribution in [3.8, 4) is 0 Å². The summed E-state index contributed by atoms with van der Waals surface area (Å²) >= 11 is 0. The van der Waals surface area contributed by atoms with Gasteiger partial charge in [0.2, 0.25) is 5.91 Å². The predicted molar refractivity (Wildman–Crippen MR) is 78.8 cm³/mol. The molecule has 118 valence electrons. The fourth-order valence-corrected chi connectivity index (χ4v) is 6.07. The summed E-state index contributed by atoms with van der Waals surface area (Å²) in [5, 5.41) is 0. The Balaban J connectivity index is 1.53. The van der Waals surface area contributed by atoms with E-state index in [1.165, 1.54) is 19.3 Å². The van der Waals surface area contributed by atoms with E-state index in [1.807, 2.05) is 4.90 Å². The van der Waals surface area contributed by atoms with E-state index in [0.29, 0.717) is 19.0 Å². The molecule has 4 aliphatic carbocycles. The highest BCUT2D eigenvalue weighted by molar-refractivity contribution is 5.83. The average molecular weight is 293 g/mol. The van der Waals surface area contributed by atoms with Crippen LogP contribution in [-0.2, 0) is 14.3 Å². The summed E-state index contributed by atoms with van der Waals surface area (Å²) in [5.74, 6) is 2.86. The third-order valence-electron chi connectivity index (χ3n) is 6.60. The van der Waals surface area contributed by atoms with Crippen LogP contribution in [0.15, 0.2) is 0 Å². The first kappa shape index (κ1) is 14.0. The van der Waals surface area contributed by atoms with Gasteiger partial charge in [0.05, 0.1) is 5.41 Å². The molecule has 0 spiro atoms. The average Bonchev–Trinajstić information content (AvgIpc) is 2.88. The predicted octanol–water partition coefficient (Wildman–Crippen LogP) is 2.07. The number of nitrogens with zero attached hydrogens (tertiary/aromatic N) is 1. The minimum Gasteiger partial charge on any atom is -0.377 e. The number of rotatable bonds is 3. The molecule has 21 heavy (non-hydrogen) atoms. The van der Waals surface area contributed by atoms with Gasteiger partial charge in [-0.15, -0.1) is 0 Å². The highest BCUT2D eigenvalue weighted by atomic mass is 16.5. The van der Waals surface area contributed by atoms with Crippen LogP contribution in [-0.4, -0.2) is 50.3 Å². The molecule has 5 fully saturated rings. The summed E-state index contributed by atoms with van der Waals surface area (Å²) in [4.78, 5) is 15.3. The van der Waals surface area contributed by atoms with Crippen molar-refractivity contribution in [2.45, 2.75) is 50.7 Å². The van der Waals surface area contributed by atoms with E-state index >= 15 is 0 Å². The van der Waals surface area contributed by atoms with E-state index in [0.717, 1.165) is 37.0 Å². The van der Waals surface area contributed by atoms with Gasteiger partial charge in [0.15, 0.2) is 0 Å². The number of hydrogen-bond donors (Lipinski definition) is 0. The standard InChI is InChI=1S/C17H27NO3/c1-20-14-9-18(10-15(14)21-2)16(19)17-6-11-3-12(7-17)5-13(4-11)8-17/h11-15H,3-10H2,1-2H3/t11?,12?,13?,14-,15+,17?. The molecule has 5 rings (SSSR count). The molecule has 0 unspecified atom stereocenters. The van der Waals surface area contributed by atoms with Gasteiger partial charge in [0.25, 0.3) is 0 Å². The van der Waals surface area contributed by atoms with Gasteiger partial charge < -0.3 is 14.4 Å². The normalized spacial score (nSPS) is 48.1. The van der Waals surface area contributed by atoms with Crippen LogP contribution >= 0.6 is 0 Å². The maximum absolute atomic E-state index is 13.2. The summed E-state index contributed by atoms with van der Waals surface area (Å²) < 4.78 is 11.0. The van der Waals surface area contributed by atoms with Crippen molar-refractivity contribution >= 4 is 5.91 Å². The van der Waals surface area contributed by atoms with Crippen molar-refractivity contribution in [3.63, 3.8) is 0 Å². The Bertz CT molecular complexity index is 388. The van der Waals surface area contributed by atoms with E-state index in [1.54, 1.807) is 14.2 Å². The molecule has 0 N–H and O–H groups in total. The molecule has 0 aromatic heterocycles. The van der Waals surface area contributed by atoms with Crippen LogP contribution in [0.25, 0.3) is 0 Å². The van der Waals surface area contributed by atoms with Crippen molar-refractivity contribution in [1.82, 2.24) is 4.90 Å².